The minimum absolute atomic E-state index is 0.156. The molecule has 7 nitrogen and oxygen atoms in total. The van der Waals surface area contributed by atoms with E-state index in [4.69, 9.17) is 0 Å². The second kappa shape index (κ2) is 6.71. The van der Waals surface area contributed by atoms with Crippen LogP contribution >= 0.6 is 0 Å². The number of nitrogens with one attached hydrogen (secondary N) is 2. The number of carbonyl (C=O) groups is 2. The lowest BCUT2D eigenvalue weighted by molar-refractivity contribution is 0.0535. The summed E-state index contributed by atoms with van der Waals surface area (Å²) in [6, 6.07) is 10.6. The number of aromatic nitrogens is 2. The monoisotopic (exact) mass is 368 g/mol. The molecule has 27 heavy (non-hydrogen) atoms. The summed E-state index contributed by atoms with van der Waals surface area (Å²) < 4.78 is 13.3. The average molecular weight is 368 g/mol. The Morgan fingerprint density at radius 3 is 2.04 bits per heavy atom. The van der Waals surface area contributed by atoms with Gasteiger partial charge in [0.05, 0.1) is 11.0 Å². The average Bonchev–Trinajstić information content (AvgIpc) is 3.06. The van der Waals surface area contributed by atoms with E-state index in [2.05, 4.69) is 9.97 Å². The van der Waals surface area contributed by atoms with Crippen LogP contribution in [0.2, 0.25) is 0 Å². The molecule has 0 bridgehead atoms. The number of H-pyrrole nitrogens is 2. The van der Waals surface area contributed by atoms with E-state index in [1.165, 1.54) is 18.2 Å². The van der Waals surface area contributed by atoms with E-state index >= 15 is 0 Å². The normalized spacial score (nSPS) is 14.6. The Morgan fingerprint density at radius 2 is 1.41 bits per heavy atom. The molecule has 0 aliphatic carbocycles. The van der Waals surface area contributed by atoms with Gasteiger partial charge in [0, 0.05) is 37.3 Å². The first-order chi connectivity index (χ1) is 13.0. The fourth-order valence-electron chi connectivity index (χ4n) is 3.26. The molecular weight excluding hydrogens is 351 g/mol. The zero-order valence-electron chi connectivity index (χ0n) is 14.4. The van der Waals surface area contributed by atoms with Crippen LogP contribution in [0.3, 0.4) is 0 Å². The van der Waals surface area contributed by atoms with E-state index in [0.717, 1.165) is 0 Å². The van der Waals surface area contributed by atoms with Gasteiger partial charge in [-0.25, -0.2) is 9.18 Å². The molecular formula is C19H17FN4O3. The maximum absolute atomic E-state index is 13.3. The lowest BCUT2D eigenvalue weighted by Crippen LogP contribution is -2.50. The second-order valence-corrected chi connectivity index (χ2v) is 6.43. The number of hydrogen-bond acceptors (Lipinski definition) is 3. The molecule has 2 heterocycles. The summed E-state index contributed by atoms with van der Waals surface area (Å²) in [6.07, 6.45) is 0. The van der Waals surface area contributed by atoms with Crippen molar-refractivity contribution in [2.24, 2.45) is 0 Å². The Labute approximate surface area is 153 Å². The van der Waals surface area contributed by atoms with Crippen molar-refractivity contribution in [1.29, 1.82) is 0 Å². The number of halogens is 1. The molecule has 0 saturated carbocycles. The summed E-state index contributed by atoms with van der Waals surface area (Å²) in [7, 11) is 0. The van der Waals surface area contributed by atoms with Crippen molar-refractivity contribution in [1.82, 2.24) is 19.8 Å². The Bertz CT molecular complexity index is 1080. The van der Waals surface area contributed by atoms with Gasteiger partial charge in [-0.15, -0.1) is 0 Å². The van der Waals surface area contributed by atoms with Crippen molar-refractivity contribution in [2.45, 2.75) is 0 Å². The van der Waals surface area contributed by atoms with Crippen molar-refractivity contribution in [3.63, 3.8) is 0 Å². The minimum Gasteiger partial charge on any atom is -0.335 e. The maximum atomic E-state index is 13.3. The van der Waals surface area contributed by atoms with E-state index in [0.29, 0.717) is 48.3 Å². The molecule has 3 aromatic rings. The molecule has 0 radical (unpaired) electrons. The number of aromatic amines is 2. The number of nitrogens with zero attached hydrogens (tertiary/aromatic N) is 2. The molecule has 0 unspecified atom stereocenters. The van der Waals surface area contributed by atoms with Gasteiger partial charge in [-0.3, -0.25) is 9.59 Å². The largest absolute Gasteiger partial charge is 0.335 e. The highest BCUT2D eigenvalue weighted by atomic mass is 19.1. The molecule has 1 aliphatic rings. The van der Waals surface area contributed by atoms with Gasteiger partial charge in [0.15, 0.2) is 0 Å². The van der Waals surface area contributed by atoms with E-state index < -0.39 is 5.82 Å². The third-order valence-corrected chi connectivity index (χ3v) is 4.69. The Hall–Kier alpha value is -3.42. The van der Waals surface area contributed by atoms with Gasteiger partial charge in [0.25, 0.3) is 11.8 Å². The quantitative estimate of drug-likeness (QED) is 0.720. The van der Waals surface area contributed by atoms with E-state index in [9.17, 15) is 18.8 Å². The number of imidazole rings is 1. The van der Waals surface area contributed by atoms with Crippen LogP contribution in [0, 0.1) is 5.82 Å². The van der Waals surface area contributed by atoms with Crippen LogP contribution in [0.4, 0.5) is 4.39 Å². The molecule has 2 amide bonds. The lowest BCUT2D eigenvalue weighted by atomic mass is 10.1. The van der Waals surface area contributed by atoms with E-state index in [1.54, 1.807) is 34.1 Å². The zero-order chi connectivity index (χ0) is 19.0. The SMILES string of the molecule is O=C(c1cccc(F)c1)N1CCN(C(=O)c2ccc3[nH]c(=O)[nH]c3c2)CC1. The van der Waals surface area contributed by atoms with Crippen LogP contribution in [0.25, 0.3) is 11.0 Å². The van der Waals surface area contributed by atoms with E-state index in [1.807, 2.05) is 0 Å². The van der Waals surface area contributed by atoms with Gasteiger partial charge >= 0.3 is 5.69 Å². The fourth-order valence-corrected chi connectivity index (χ4v) is 3.26. The zero-order valence-corrected chi connectivity index (χ0v) is 14.4. The predicted octanol–water partition coefficient (Wildman–Crippen LogP) is 1.59. The molecule has 0 spiro atoms. The summed E-state index contributed by atoms with van der Waals surface area (Å²) >= 11 is 0. The number of benzene rings is 2. The van der Waals surface area contributed by atoms with Crippen molar-refractivity contribution in [3.05, 3.63) is 69.9 Å². The highest BCUT2D eigenvalue weighted by Crippen LogP contribution is 2.15. The smallest absolute Gasteiger partial charge is 0.323 e. The summed E-state index contributed by atoms with van der Waals surface area (Å²) in [6.45, 7) is 1.54. The van der Waals surface area contributed by atoms with Crippen LogP contribution in [0.5, 0.6) is 0 Å². The lowest BCUT2D eigenvalue weighted by Gasteiger charge is -2.34. The number of piperazine rings is 1. The van der Waals surface area contributed by atoms with Gasteiger partial charge < -0.3 is 19.8 Å². The maximum Gasteiger partial charge on any atom is 0.323 e. The Kier molecular flexibility index (Phi) is 4.23. The van der Waals surface area contributed by atoms with Crippen molar-refractivity contribution in [3.8, 4) is 0 Å². The summed E-state index contributed by atoms with van der Waals surface area (Å²) in [5.41, 5.74) is 1.67. The molecule has 2 N–H and O–H groups in total. The Balaban J connectivity index is 1.44. The predicted molar refractivity (Wildman–Crippen MR) is 97.1 cm³/mol. The van der Waals surface area contributed by atoms with Gasteiger partial charge in [0.1, 0.15) is 5.82 Å². The molecule has 1 saturated heterocycles. The number of carbonyl (C=O) groups excluding carboxylic acids is 2. The molecule has 1 fully saturated rings. The number of rotatable bonds is 2. The third kappa shape index (κ3) is 3.33. The standard InChI is InChI=1S/C19H17FN4O3/c20-14-3-1-2-12(10-14)17(25)23-6-8-24(9-7-23)18(26)13-4-5-15-16(11-13)22-19(27)21-15/h1-5,10-11H,6-9H2,(H2,21,22,27). The van der Waals surface area contributed by atoms with Crippen LogP contribution in [0.1, 0.15) is 20.7 Å². The summed E-state index contributed by atoms with van der Waals surface area (Å²) in [5.74, 6) is -0.849. The minimum atomic E-state index is -0.451. The van der Waals surface area contributed by atoms with Crippen molar-refractivity contribution < 1.29 is 14.0 Å². The number of amides is 2. The molecule has 1 aromatic heterocycles. The molecule has 4 rings (SSSR count). The Morgan fingerprint density at radius 1 is 0.815 bits per heavy atom. The molecule has 8 heteroatoms. The van der Waals surface area contributed by atoms with Gasteiger partial charge in [0.2, 0.25) is 0 Å². The van der Waals surface area contributed by atoms with Crippen molar-refractivity contribution in [2.75, 3.05) is 26.2 Å². The first-order valence-corrected chi connectivity index (χ1v) is 8.57. The molecule has 138 valence electrons. The topological polar surface area (TPSA) is 89.3 Å². The van der Waals surface area contributed by atoms with Crippen molar-refractivity contribution >= 4 is 22.8 Å². The molecule has 0 atom stereocenters. The second-order valence-electron chi connectivity index (χ2n) is 6.43. The fraction of sp³-hybridized carbons (Fsp3) is 0.211. The highest BCUT2D eigenvalue weighted by Gasteiger charge is 2.25. The number of fused-ring (bicyclic) bond motifs is 1. The molecule has 2 aromatic carbocycles. The number of hydrogen-bond donors (Lipinski definition) is 2. The third-order valence-electron chi connectivity index (χ3n) is 4.69. The molecule has 1 aliphatic heterocycles. The summed E-state index contributed by atoms with van der Waals surface area (Å²) in [4.78, 5) is 45.1. The van der Waals surface area contributed by atoms with Crippen LogP contribution in [-0.2, 0) is 0 Å². The highest BCUT2D eigenvalue weighted by molar-refractivity contribution is 5.98. The van der Waals surface area contributed by atoms with E-state index in [-0.39, 0.29) is 17.5 Å². The van der Waals surface area contributed by atoms with Crippen LogP contribution < -0.4 is 5.69 Å². The van der Waals surface area contributed by atoms with Gasteiger partial charge in [-0.05, 0) is 36.4 Å². The summed E-state index contributed by atoms with van der Waals surface area (Å²) in [5, 5.41) is 0. The van der Waals surface area contributed by atoms with Crippen LogP contribution in [-0.4, -0.2) is 57.8 Å². The van der Waals surface area contributed by atoms with Gasteiger partial charge in [-0.2, -0.15) is 0 Å². The van der Waals surface area contributed by atoms with Crippen LogP contribution in [0.15, 0.2) is 47.3 Å². The van der Waals surface area contributed by atoms with Gasteiger partial charge in [-0.1, -0.05) is 6.07 Å². The first kappa shape index (κ1) is 17.0. The first-order valence-electron chi connectivity index (χ1n) is 8.57.